The number of hydrogen-bond acceptors (Lipinski definition) is 3. The van der Waals surface area contributed by atoms with Crippen molar-refractivity contribution in [2.45, 2.75) is 6.54 Å². The van der Waals surface area contributed by atoms with E-state index < -0.39 is 0 Å². The maximum Gasteiger partial charge on any atom is 0.102 e. The van der Waals surface area contributed by atoms with Crippen LogP contribution in [0.5, 0.6) is 0 Å². The monoisotopic (exact) mass is 237 g/mol. The zero-order valence-corrected chi connectivity index (χ0v) is 9.91. The Labute approximate surface area is 104 Å². The van der Waals surface area contributed by atoms with Gasteiger partial charge in [-0.3, -0.25) is 4.68 Å². The summed E-state index contributed by atoms with van der Waals surface area (Å²) in [5.74, 6) is 0. The standard InChI is InChI=1S/C13H11N5/c1-17-8-12(15-16-17)9-18-5-4-11-3-2-10(7-14)6-13(11)18/h2-6,8H,9H2,1H3. The van der Waals surface area contributed by atoms with Gasteiger partial charge in [-0.05, 0) is 23.6 Å². The minimum Gasteiger partial charge on any atom is -0.341 e. The molecule has 88 valence electrons. The number of nitrogens with zero attached hydrogens (tertiary/aromatic N) is 5. The lowest BCUT2D eigenvalue weighted by Crippen LogP contribution is -1.98. The first kappa shape index (κ1) is 10.5. The van der Waals surface area contributed by atoms with Gasteiger partial charge in [0.2, 0.25) is 0 Å². The van der Waals surface area contributed by atoms with E-state index in [9.17, 15) is 0 Å². The first-order chi connectivity index (χ1) is 8.76. The van der Waals surface area contributed by atoms with Crippen LogP contribution in [0.15, 0.2) is 36.7 Å². The lowest BCUT2D eigenvalue weighted by molar-refractivity contribution is 0.711. The highest BCUT2D eigenvalue weighted by atomic mass is 15.4. The quantitative estimate of drug-likeness (QED) is 0.681. The van der Waals surface area contributed by atoms with Crippen LogP contribution in [-0.4, -0.2) is 19.6 Å². The van der Waals surface area contributed by atoms with E-state index in [0.717, 1.165) is 16.6 Å². The minimum absolute atomic E-state index is 0.659. The third-order valence-corrected chi connectivity index (χ3v) is 2.89. The molecule has 0 aliphatic carbocycles. The van der Waals surface area contributed by atoms with Gasteiger partial charge in [-0.25, -0.2) is 0 Å². The van der Waals surface area contributed by atoms with E-state index in [1.807, 2.05) is 43.7 Å². The number of fused-ring (bicyclic) bond motifs is 1. The molecule has 0 aliphatic heterocycles. The Bertz CT molecular complexity index is 744. The summed E-state index contributed by atoms with van der Waals surface area (Å²) in [6.07, 6.45) is 3.89. The van der Waals surface area contributed by atoms with Gasteiger partial charge in [0.25, 0.3) is 0 Å². The van der Waals surface area contributed by atoms with Crippen molar-refractivity contribution in [3.8, 4) is 6.07 Å². The van der Waals surface area contributed by atoms with Crippen LogP contribution in [-0.2, 0) is 13.6 Å². The van der Waals surface area contributed by atoms with Crippen LogP contribution in [0.25, 0.3) is 10.9 Å². The first-order valence-electron chi connectivity index (χ1n) is 5.60. The van der Waals surface area contributed by atoms with E-state index in [1.165, 1.54) is 0 Å². The van der Waals surface area contributed by atoms with Crippen molar-refractivity contribution in [3.63, 3.8) is 0 Å². The van der Waals surface area contributed by atoms with Gasteiger partial charge < -0.3 is 4.57 Å². The average Bonchev–Trinajstić information content (AvgIpc) is 2.96. The molecule has 0 radical (unpaired) electrons. The van der Waals surface area contributed by atoms with Gasteiger partial charge in [0.15, 0.2) is 0 Å². The van der Waals surface area contributed by atoms with Gasteiger partial charge in [-0.2, -0.15) is 5.26 Å². The van der Waals surface area contributed by atoms with Crippen molar-refractivity contribution in [3.05, 3.63) is 47.9 Å². The maximum atomic E-state index is 8.93. The van der Waals surface area contributed by atoms with Crippen molar-refractivity contribution in [1.29, 1.82) is 5.26 Å². The van der Waals surface area contributed by atoms with Crippen molar-refractivity contribution >= 4 is 10.9 Å². The van der Waals surface area contributed by atoms with Crippen LogP contribution < -0.4 is 0 Å². The molecule has 0 aliphatic rings. The summed E-state index contributed by atoms with van der Waals surface area (Å²) in [5, 5.41) is 18.0. The Kier molecular flexibility index (Phi) is 2.34. The predicted molar refractivity (Wildman–Crippen MR) is 66.8 cm³/mol. The molecule has 0 amide bonds. The highest BCUT2D eigenvalue weighted by Crippen LogP contribution is 2.18. The van der Waals surface area contributed by atoms with Crippen LogP contribution in [0.1, 0.15) is 11.3 Å². The van der Waals surface area contributed by atoms with E-state index in [2.05, 4.69) is 20.9 Å². The van der Waals surface area contributed by atoms with Crippen LogP contribution in [0.4, 0.5) is 0 Å². The summed E-state index contributed by atoms with van der Waals surface area (Å²) in [5.41, 5.74) is 2.61. The molecule has 5 heteroatoms. The summed E-state index contributed by atoms with van der Waals surface area (Å²) in [7, 11) is 1.85. The second-order valence-electron chi connectivity index (χ2n) is 4.21. The molecule has 0 fully saturated rings. The molecule has 0 saturated carbocycles. The molecule has 2 aromatic heterocycles. The molecule has 5 nitrogen and oxygen atoms in total. The molecular weight excluding hydrogens is 226 g/mol. The molecule has 0 N–H and O–H groups in total. The molecular formula is C13H11N5. The summed E-state index contributed by atoms with van der Waals surface area (Å²) in [6.45, 7) is 0.659. The van der Waals surface area contributed by atoms with Crippen LogP contribution in [0.3, 0.4) is 0 Å². The fourth-order valence-corrected chi connectivity index (χ4v) is 2.03. The third-order valence-electron chi connectivity index (χ3n) is 2.89. The molecule has 18 heavy (non-hydrogen) atoms. The lowest BCUT2D eigenvalue weighted by atomic mass is 10.2. The molecule has 1 aromatic carbocycles. The Balaban J connectivity index is 2.04. The zero-order chi connectivity index (χ0) is 12.5. The van der Waals surface area contributed by atoms with Crippen LogP contribution in [0, 0.1) is 11.3 Å². The second-order valence-corrected chi connectivity index (χ2v) is 4.21. The number of hydrogen-bond donors (Lipinski definition) is 0. The van der Waals surface area contributed by atoms with E-state index in [4.69, 9.17) is 5.26 Å². The van der Waals surface area contributed by atoms with E-state index >= 15 is 0 Å². The molecule has 0 bridgehead atoms. The molecule has 3 aromatic rings. The molecule has 0 saturated heterocycles. The zero-order valence-electron chi connectivity index (χ0n) is 9.91. The molecule has 0 unspecified atom stereocenters. The van der Waals surface area contributed by atoms with Gasteiger partial charge >= 0.3 is 0 Å². The first-order valence-corrected chi connectivity index (χ1v) is 5.60. The van der Waals surface area contributed by atoms with Gasteiger partial charge in [0, 0.05) is 25.0 Å². The number of benzene rings is 1. The SMILES string of the molecule is Cn1cc(Cn2ccc3ccc(C#N)cc32)nn1. The highest BCUT2D eigenvalue weighted by Gasteiger charge is 2.05. The smallest absolute Gasteiger partial charge is 0.102 e. The topological polar surface area (TPSA) is 59.4 Å². The van der Waals surface area contributed by atoms with Gasteiger partial charge in [-0.15, -0.1) is 5.10 Å². The Morgan fingerprint density at radius 2 is 2.22 bits per heavy atom. The predicted octanol–water partition coefficient (Wildman–Crippen LogP) is 1.69. The Morgan fingerprint density at radius 3 is 2.94 bits per heavy atom. The van der Waals surface area contributed by atoms with E-state index in [0.29, 0.717) is 12.1 Å². The van der Waals surface area contributed by atoms with Crippen molar-refractivity contribution in [2.24, 2.45) is 7.05 Å². The van der Waals surface area contributed by atoms with Crippen LogP contribution in [0.2, 0.25) is 0 Å². The molecule has 0 spiro atoms. The molecule has 3 rings (SSSR count). The Morgan fingerprint density at radius 1 is 1.33 bits per heavy atom. The third kappa shape index (κ3) is 1.74. The van der Waals surface area contributed by atoms with Crippen LogP contribution >= 0.6 is 0 Å². The van der Waals surface area contributed by atoms with Gasteiger partial charge in [0.1, 0.15) is 5.69 Å². The van der Waals surface area contributed by atoms with Crippen molar-refractivity contribution in [2.75, 3.05) is 0 Å². The number of aromatic nitrogens is 4. The second kappa shape index (κ2) is 4.00. The van der Waals surface area contributed by atoms with Gasteiger partial charge in [0.05, 0.1) is 18.2 Å². The van der Waals surface area contributed by atoms with Crippen molar-refractivity contribution in [1.82, 2.24) is 19.6 Å². The molecule has 0 atom stereocenters. The summed E-state index contributed by atoms with van der Waals surface area (Å²) >= 11 is 0. The fourth-order valence-electron chi connectivity index (χ4n) is 2.03. The van der Waals surface area contributed by atoms with Crippen molar-refractivity contribution < 1.29 is 0 Å². The molecule has 2 heterocycles. The Hall–Kier alpha value is -2.61. The van der Waals surface area contributed by atoms with E-state index in [1.54, 1.807) is 4.68 Å². The minimum atomic E-state index is 0.659. The fraction of sp³-hybridized carbons (Fsp3) is 0.154. The van der Waals surface area contributed by atoms with E-state index in [-0.39, 0.29) is 0 Å². The normalized spacial score (nSPS) is 10.7. The summed E-state index contributed by atoms with van der Waals surface area (Å²) in [4.78, 5) is 0. The maximum absolute atomic E-state index is 8.93. The number of nitriles is 1. The largest absolute Gasteiger partial charge is 0.341 e. The summed E-state index contributed by atoms with van der Waals surface area (Å²) < 4.78 is 3.75. The highest BCUT2D eigenvalue weighted by molar-refractivity contribution is 5.81. The summed E-state index contributed by atoms with van der Waals surface area (Å²) in [6, 6.07) is 9.88. The number of aryl methyl sites for hydroxylation is 1. The average molecular weight is 237 g/mol. The lowest BCUT2D eigenvalue weighted by Gasteiger charge is -2.02. The van der Waals surface area contributed by atoms with Gasteiger partial charge in [-0.1, -0.05) is 11.3 Å². The number of rotatable bonds is 2.